The molecule has 0 aliphatic carbocycles. The number of thiazole rings is 1. The lowest BCUT2D eigenvalue weighted by atomic mass is 10.2. The predicted octanol–water partition coefficient (Wildman–Crippen LogP) is 1.94. The first-order valence-electron chi connectivity index (χ1n) is 7.27. The van der Waals surface area contributed by atoms with E-state index in [4.69, 9.17) is 17.3 Å². The maximum absolute atomic E-state index is 12.0. The lowest BCUT2D eigenvalue weighted by molar-refractivity contribution is -0.132. The number of amides is 2. The third-order valence-electron chi connectivity index (χ3n) is 3.59. The van der Waals surface area contributed by atoms with Gasteiger partial charge in [0, 0.05) is 30.1 Å². The standard InChI is InChI=1S/C15H16ClN5O2S/c1-21-5-4-11-12(7-21)24-15(19-11)20-14(23)13(22)18-10-3-2-8(17)6-9(10)16/h2-3,6H,4-5,7,17H2,1H3,(H,18,22)(H,19,20,23). The zero-order chi connectivity index (χ0) is 17.3. The predicted molar refractivity (Wildman–Crippen MR) is 95.3 cm³/mol. The summed E-state index contributed by atoms with van der Waals surface area (Å²) in [5.74, 6) is -1.60. The quantitative estimate of drug-likeness (QED) is 0.558. The Bertz CT molecular complexity index is 807. The number of carbonyl (C=O) groups excluding carboxylic acids is 2. The molecule has 0 saturated heterocycles. The second-order valence-corrected chi connectivity index (χ2v) is 7.02. The van der Waals surface area contributed by atoms with Crippen LogP contribution in [-0.2, 0) is 22.6 Å². The van der Waals surface area contributed by atoms with E-state index in [1.165, 1.54) is 17.4 Å². The smallest absolute Gasteiger partial charge is 0.315 e. The molecule has 24 heavy (non-hydrogen) atoms. The zero-order valence-electron chi connectivity index (χ0n) is 12.9. The van der Waals surface area contributed by atoms with Gasteiger partial charge in [-0.25, -0.2) is 4.98 Å². The fourth-order valence-electron chi connectivity index (χ4n) is 2.34. The molecule has 1 aromatic carbocycles. The maximum atomic E-state index is 12.0. The molecule has 0 bridgehead atoms. The third kappa shape index (κ3) is 3.66. The number of nitrogens with two attached hydrogens (primary N) is 1. The summed E-state index contributed by atoms with van der Waals surface area (Å²) in [4.78, 5) is 31.7. The highest BCUT2D eigenvalue weighted by molar-refractivity contribution is 7.16. The van der Waals surface area contributed by atoms with Crippen LogP contribution in [0.1, 0.15) is 10.6 Å². The van der Waals surface area contributed by atoms with Crippen molar-refractivity contribution in [1.29, 1.82) is 0 Å². The second-order valence-electron chi connectivity index (χ2n) is 5.52. The summed E-state index contributed by atoms with van der Waals surface area (Å²) in [5, 5.41) is 5.69. The van der Waals surface area contributed by atoms with E-state index in [0.29, 0.717) is 16.5 Å². The maximum Gasteiger partial charge on any atom is 0.315 e. The summed E-state index contributed by atoms with van der Waals surface area (Å²) in [6, 6.07) is 4.63. The van der Waals surface area contributed by atoms with Gasteiger partial charge in [0.15, 0.2) is 5.13 Å². The molecular formula is C15H16ClN5O2S. The van der Waals surface area contributed by atoms with Crippen molar-refractivity contribution in [2.45, 2.75) is 13.0 Å². The topological polar surface area (TPSA) is 100 Å². The number of nitrogens with one attached hydrogen (secondary N) is 2. The highest BCUT2D eigenvalue weighted by atomic mass is 35.5. The van der Waals surface area contributed by atoms with E-state index in [1.54, 1.807) is 12.1 Å². The minimum absolute atomic E-state index is 0.267. The van der Waals surface area contributed by atoms with Crippen LogP contribution in [0.25, 0.3) is 0 Å². The molecule has 2 amide bonds. The van der Waals surface area contributed by atoms with Gasteiger partial charge in [0.25, 0.3) is 0 Å². The van der Waals surface area contributed by atoms with E-state index in [0.717, 1.165) is 30.1 Å². The number of nitrogen functional groups attached to an aromatic ring is 1. The molecule has 0 unspecified atom stereocenters. The SMILES string of the molecule is CN1CCc2nc(NC(=O)C(=O)Nc3ccc(N)cc3Cl)sc2C1. The lowest BCUT2D eigenvalue weighted by Crippen LogP contribution is -2.29. The Kier molecular flexibility index (Phi) is 4.70. The Morgan fingerprint density at radius 3 is 2.83 bits per heavy atom. The number of aromatic nitrogens is 1. The first-order chi connectivity index (χ1) is 11.4. The minimum Gasteiger partial charge on any atom is -0.399 e. The van der Waals surface area contributed by atoms with Crippen LogP contribution in [0.2, 0.25) is 5.02 Å². The highest BCUT2D eigenvalue weighted by Gasteiger charge is 2.21. The fourth-order valence-corrected chi connectivity index (χ4v) is 3.66. The Hall–Kier alpha value is -2.16. The number of nitrogens with zero attached hydrogens (tertiary/aromatic N) is 2. The number of hydrogen-bond donors (Lipinski definition) is 3. The molecule has 2 aromatic rings. The number of halogens is 1. The molecule has 0 spiro atoms. The van der Waals surface area contributed by atoms with Crippen LogP contribution < -0.4 is 16.4 Å². The Morgan fingerprint density at radius 1 is 1.33 bits per heavy atom. The molecule has 1 aliphatic heterocycles. The number of rotatable bonds is 2. The summed E-state index contributed by atoms with van der Waals surface area (Å²) in [5.41, 5.74) is 7.37. The number of carbonyl (C=O) groups is 2. The van der Waals surface area contributed by atoms with Crippen molar-refractivity contribution < 1.29 is 9.59 Å². The molecule has 0 fully saturated rings. The van der Waals surface area contributed by atoms with E-state index in [-0.39, 0.29) is 5.02 Å². The van der Waals surface area contributed by atoms with Crippen molar-refractivity contribution in [1.82, 2.24) is 9.88 Å². The van der Waals surface area contributed by atoms with Gasteiger partial charge < -0.3 is 16.0 Å². The molecule has 1 aliphatic rings. The van der Waals surface area contributed by atoms with Crippen LogP contribution in [0.3, 0.4) is 0 Å². The van der Waals surface area contributed by atoms with Crippen molar-refractivity contribution in [3.05, 3.63) is 33.8 Å². The Balaban J connectivity index is 1.65. The summed E-state index contributed by atoms with van der Waals surface area (Å²) < 4.78 is 0. The van der Waals surface area contributed by atoms with Crippen molar-refractivity contribution in [2.75, 3.05) is 30.0 Å². The van der Waals surface area contributed by atoms with Gasteiger partial charge in [-0.2, -0.15) is 0 Å². The molecule has 9 heteroatoms. The first kappa shape index (κ1) is 16.7. The molecule has 0 atom stereocenters. The largest absolute Gasteiger partial charge is 0.399 e. The molecule has 2 heterocycles. The summed E-state index contributed by atoms with van der Waals surface area (Å²) in [6.45, 7) is 1.73. The van der Waals surface area contributed by atoms with Crippen molar-refractivity contribution in [2.24, 2.45) is 0 Å². The molecule has 0 radical (unpaired) electrons. The Morgan fingerprint density at radius 2 is 2.08 bits per heavy atom. The van der Waals surface area contributed by atoms with Crippen LogP contribution in [0.5, 0.6) is 0 Å². The van der Waals surface area contributed by atoms with Crippen LogP contribution in [0, 0.1) is 0 Å². The van der Waals surface area contributed by atoms with Gasteiger partial charge in [0.05, 0.1) is 16.4 Å². The summed E-state index contributed by atoms with van der Waals surface area (Å²) in [6.07, 6.45) is 0.839. The van der Waals surface area contributed by atoms with Crippen molar-refractivity contribution in [3.63, 3.8) is 0 Å². The normalized spacial score (nSPS) is 14.1. The monoisotopic (exact) mass is 365 g/mol. The number of likely N-dealkylation sites (N-methyl/N-ethyl adjacent to an activating group) is 1. The summed E-state index contributed by atoms with van der Waals surface area (Å²) in [7, 11) is 2.03. The van der Waals surface area contributed by atoms with Gasteiger partial charge in [-0.3, -0.25) is 14.9 Å². The van der Waals surface area contributed by atoms with Crippen LogP contribution in [0.15, 0.2) is 18.2 Å². The molecule has 7 nitrogen and oxygen atoms in total. The van der Waals surface area contributed by atoms with Crippen LogP contribution >= 0.6 is 22.9 Å². The first-order valence-corrected chi connectivity index (χ1v) is 8.46. The third-order valence-corrected chi connectivity index (χ3v) is 4.90. The van der Waals surface area contributed by atoms with E-state index < -0.39 is 11.8 Å². The van der Waals surface area contributed by atoms with E-state index in [1.807, 2.05) is 7.05 Å². The lowest BCUT2D eigenvalue weighted by Gasteiger charge is -2.20. The van der Waals surface area contributed by atoms with Gasteiger partial charge in [0.2, 0.25) is 0 Å². The van der Waals surface area contributed by atoms with Crippen LogP contribution in [-0.4, -0.2) is 35.3 Å². The van der Waals surface area contributed by atoms with Crippen molar-refractivity contribution in [3.8, 4) is 0 Å². The zero-order valence-corrected chi connectivity index (χ0v) is 14.5. The second kappa shape index (κ2) is 6.76. The van der Waals surface area contributed by atoms with Gasteiger partial charge in [-0.15, -0.1) is 11.3 Å². The minimum atomic E-state index is -0.813. The summed E-state index contributed by atoms with van der Waals surface area (Å²) >= 11 is 7.37. The van der Waals surface area contributed by atoms with Crippen molar-refractivity contribution >= 4 is 51.3 Å². The number of anilines is 3. The highest BCUT2D eigenvalue weighted by Crippen LogP contribution is 2.28. The number of fused-ring (bicyclic) bond motifs is 1. The van der Waals surface area contributed by atoms with E-state index >= 15 is 0 Å². The van der Waals surface area contributed by atoms with Gasteiger partial charge in [-0.05, 0) is 25.2 Å². The van der Waals surface area contributed by atoms with Gasteiger partial charge >= 0.3 is 11.8 Å². The molecule has 4 N–H and O–H groups in total. The molecule has 3 rings (SSSR count). The van der Waals surface area contributed by atoms with Gasteiger partial charge in [0.1, 0.15) is 0 Å². The molecule has 1 aromatic heterocycles. The average molecular weight is 366 g/mol. The number of benzene rings is 1. The fraction of sp³-hybridized carbons (Fsp3) is 0.267. The van der Waals surface area contributed by atoms with Gasteiger partial charge in [-0.1, -0.05) is 11.6 Å². The average Bonchev–Trinajstić information content (AvgIpc) is 2.91. The van der Waals surface area contributed by atoms with E-state index in [2.05, 4.69) is 20.5 Å². The molecular weight excluding hydrogens is 350 g/mol. The van der Waals surface area contributed by atoms with Crippen LogP contribution in [0.4, 0.5) is 16.5 Å². The number of hydrogen-bond acceptors (Lipinski definition) is 6. The Labute approximate surface area is 147 Å². The molecule has 126 valence electrons. The van der Waals surface area contributed by atoms with E-state index in [9.17, 15) is 9.59 Å². The molecule has 0 saturated carbocycles.